The molecule has 2 aromatic heterocycles. The molecule has 3 atom stereocenters. The molecule has 3 rings (SSSR count). The molecule has 20 heavy (non-hydrogen) atoms. The molecule has 0 aliphatic carbocycles. The van der Waals surface area contributed by atoms with E-state index in [2.05, 4.69) is 25.0 Å². The van der Waals surface area contributed by atoms with E-state index in [1.807, 2.05) is 0 Å². The van der Waals surface area contributed by atoms with Crippen LogP contribution in [0.25, 0.3) is 21.6 Å². The van der Waals surface area contributed by atoms with Gasteiger partial charge in [0.1, 0.15) is 6.23 Å². The first-order valence-electron chi connectivity index (χ1n) is 5.95. The zero-order valence-corrected chi connectivity index (χ0v) is 10.2. The Balaban J connectivity index is 1.91. The highest BCUT2D eigenvalue weighted by molar-refractivity contribution is 5.68. The van der Waals surface area contributed by atoms with E-state index in [4.69, 9.17) is 10.3 Å². The minimum atomic E-state index is -0.745. The SMILES string of the molecule is [N-]=[N+]=NC[C@H]1O[C@@H](n2cnc3c(=O)[nH]cnc32)C[C@@H]1O. The fourth-order valence-corrected chi connectivity index (χ4v) is 2.24. The van der Waals surface area contributed by atoms with Crippen LogP contribution in [0.15, 0.2) is 22.6 Å². The predicted molar refractivity (Wildman–Crippen MR) is 66.7 cm³/mol. The molecule has 0 radical (unpaired) electrons. The highest BCUT2D eigenvalue weighted by atomic mass is 16.5. The summed E-state index contributed by atoms with van der Waals surface area (Å²) in [4.78, 5) is 24.7. The minimum Gasteiger partial charge on any atom is -0.390 e. The van der Waals surface area contributed by atoms with Crippen molar-refractivity contribution in [2.75, 3.05) is 6.54 Å². The molecule has 10 heteroatoms. The van der Waals surface area contributed by atoms with E-state index in [9.17, 15) is 9.90 Å². The van der Waals surface area contributed by atoms with Gasteiger partial charge < -0.3 is 14.8 Å². The third kappa shape index (κ3) is 2.01. The number of nitrogens with one attached hydrogen (secondary N) is 1. The van der Waals surface area contributed by atoms with Gasteiger partial charge in [0.15, 0.2) is 11.2 Å². The molecule has 1 fully saturated rings. The van der Waals surface area contributed by atoms with E-state index < -0.39 is 18.4 Å². The van der Waals surface area contributed by atoms with Crippen molar-refractivity contribution in [1.29, 1.82) is 0 Å². The molecule has 1 aliphatic rings. The zero-order valence-electron chi connectivity index (χ0n) is 10.2. The van der Waals surface area contributed by atoms with Crippen LogP contribution in [0, 0.1) is 0 Å². The molecule has 10 nitrogen and oxygen atoms in total. The summed E-state index contributed by atoms with van der Waals surface area (Å²) < 4.78 is 7.21. The van der Waals surface area contributed by atoms with E-state index in [0.717, 1.165) is 0 Å². The Kier molecular flexibility index (Phi) is 3.11. The van der Waals surface area contributed by atoms with Crippen molar-refractivity contribution in [1.82, 2.24) is 19.5 Å². The number of aromatic amines is 1. The molecule has 0 saturated carbocycles. The van der Waals surface area contributed by atoms with Crippen LogP contribution in [0.5, 0.6) is 0 Å². The van der Waals surface area contributed by atoms with Gasteiger partial charge in [0.25, 0.3) is 5.56 Å². The highest BCUT2D eigenvalue weighted by Gasteiger charge is 2.35. The van der Waals surface area contributed by atoms with E-state index in [1.165, 1.54) is 12.7 Å². The molecule has 0 unspecified atom stereocenters. The number of nitrogens with zero attached hydrogens (tertiary/aromatic N) is 6. The Morgan fingerprint density at radius 2 is 2.50 bits per heavy atom. The Labute approximate surface area is 111 Å². The first-order valence-corrected chi connectivity index (χ1v) is 5.95. The van der Waals surface area contributed by atoms with E-state index in [-0.39, 0.29) is 17.6 Å². The molecule has 3 heterocycles. The summed E-state index contributed by atoms with van der Waals surface area (Å²) >= 11 is 0. The molecule has 2 aromatic rings. The molecule has 1 aliphatic heterocycles. The number of hydrogen-bond donors (Lipinski definition) is 2. The molecule has 2 N–H and O–H groups in total. The lowest BCUT2D eigenvalue weighted by molar-refractivity contribution is -0.0114. The second-order valence-corrected chi connectivity index (χ2v) is 4.40. The average Bonchev–Trinajstić information content (AvgIpc) is 3.01. The zero-order chi connectivity index (χ0) is 14.1. The van der Waals surface area contributed by atoms with Crippen molar-refractivity contribution in [3.8, 4) is 0 Å². The standard InChI is InChI=1S/C10H11N7O3/c11-16-15-2-6-5(18)1-7(20-6)17-4-14-8-9(17)12-3-13-10(8)19/h3-7,18H,1-2H2,(H,12,13,19)/t5-,6+,7+/m0/s1. The fraction of sp³-hybridized carbons (Fsp3) is 0.500. The molecule has 104 valence electrons. The third-order valence-electron chi connectivity index (χ3n) is 3.20. The molecule has 0 bridgehead atoms. The van der Waals surface area contributed by atoms with Crippen molar-refractivity contribution in [3.63, 3.8) is 0 Å². The van der Waals surface area contributed by atoms with Gasteiger partial charge in [0, 0.05) is 11.3 Å². The number of rotatable bonds is 3. The van der Waals surface area contributed by atoms with Gasteiger partial charge in [0.2, 0.25) is 0 Å². The number of H-pyrrole nitrogens is 1. The fourth-order valence-electron chi connectivity index (χ4n) is 2.24. The summed E-state index contributed by atoms with van der Waals surface area (Å²) in [6.45, 7) is 0.0504. The van der Waals surface area contributed by atoms with Gasteiger partial charge in [-0.2, -0.15) is 0 Å². The van der Waals surface area contributed by atoms with Crippen LogP contribution in [0.3, 0.4) is 0 Å². The van der Waals surface area contributed by atoms with Gasteiger partial charge in [-0.3, -0.25) is 9.36 Å². The van der Waals surface area contributed by atoms with Crippen LogP contribution >= 0.6 is 0 Å². The van der Waals surface area contributed by atoms with Crippen molar-refractivity contribution in [2.24, 2.45) is 5.11 Å². The number of aromatic nitrogens is 4. The number of aliphatic hydroxyl groups excluding tert-OH is 1. The Morgan fingerprint density at radius 3 is 3.30 bits per heavy atom. The van der Waals surface area contributed by atoms with Crippen LogP contribution in [-0.2, 0) is 4.74 Å². The maximum absolute atomic E-state index is 11.6. The summed E-state index contributed by atoms with van der Waals surface area (Å²) in [7, 11) is 0. The lowest BCUT2D eigenvalue weighted by Gasteiger charge is -2.13. The van der Waals surface area contributed by atoms with E-state index in [1.54, 1.807) is 4.57 Å². The summed E-state index contributed by atoms with van der Waals surface area (Å²) in [5.41, 5.74) is 8.55. The second kappa shape index (κ2) is 4.93. The number of ether oxygens (including phenoxy) is 1. The Hall–Kier alpha value is -2.42. The van der Waals surface area contributed by atoms with Gasteiger partial charge in [-0.05, 0) is 5.53 Å². The smallest absolute Gasteiger partial charge is 0.278 e. The van der Waals surface area contributed by atoms with E-state index >= 15 is 0 Å². The van der Waals surface area contributed by atoms with Gasteiger partial charge in [0.05, 0.1) is 31.4 Å². The largest absolute Gasteiger partial charge is 0.390 e. The maximum atomic E-state index is 11.6. The van der Waals surface area contributed by atoms with Crippen LogP contribution < -0.4 is 5.56 Å². The number of hydrogen-bond acceptors (Lipinski definition) is 6. The maximum Gasteiger partial charge on any atom is 0.278 e. The average molecular weight is 277 g/mol. The van der Waals surface area contributed by atoms with Gasteiger partial charge in [-0.1, -0.05) is 5.11 Å². The molecule has 1 saturated heterocycles. The number of azide groups is 1. The Bertz CT molecular complexity index is 732. The van der Waals surface area contributed by atoms with Crippen LogP contribution in [-0.4, -0.2) is 43.4 Å². The number of fused-ring (bicyclic) bond motifs is 1. The van der Waals surface area contributed by atoms with Crippen molar-refractivity contribution in [3.05, 3.63) is 33.5 Å². The highest BCUT2D eigenvalue weighted by Crippen LogP contribution is 2.30. The van der Waals surface area contributed by atoms with Crippen LogP contribution in [0.4, 0.5) is 0 Å². The van der Waals surface area contributed by atoms with E-state index in [0.29, 0.717) is 12.1 Å². The summed E-state index contributed by atoms with van der Waals surface area (Å²) in [6, 6.07) is 0. The molecular formula is C10H11N7O3. The van der Waals surface area contributed by atoms with Crippen molar-refractivity contribution < 1.29 is 9.84 Å². The first-order chi connectivity index (χ1) is 9.70. The van der Waals surface area contributed by atoms with Crippen molar-refractivity contribution >= 4 is 11.2 Å². The summed E-state index contributed by atoms with van der Waals surface area (Å²) in [5, 5.41) is 13.3. The summed E-state index contributed by atoms with van der Waals surface area (Å²) in [5.74, 6) is 0. The first kappa shape index (κ1) is 12.6. The quantitative estimate of drug-likeness (QED) is 0.464. The predicted octanol–water partition coefficient (Wildman–Crippen LogP) is 0.0783. The Morgan fingerprint density at radius 1 is 1.65 bits per heavy atom. The number of aliphatic hydroxyl groups is 1. The van der Waals surface area contributed by atoms with Crippen LogP contribution in [0.2, 0.25) is 0 Å². The van der Waals surface area contributed by atoms with Crippen molar-refractivity contribution in [2.45, 2.75) is 24.9 Å². The molecule has 0 amide bonds. The third-order valence-corrected chi connectivity index (χ3v) is 3.20. The second-order valence-electron chi connectivity index (χ2n) is 4.40. The lowest BCUT2D eigenvalue weighted by Crippen LogP contribution is -2.23. The van der Waals surface area contributed by atoms with Gasteiger partial charge in [-0.15, -0.1) is 0 Å². The van der Waals surface area contributed by atoms with Gasteiger partial charge >= 0.3 is 0 Å². The van der Waals surface area contributed by atoms with Crippen LogP contribution in [0.1, 0.15) is 12.6 Å². The summed E-state index contributed by atoms with van der Waals surface area (Å²) in [6.07, 6.45) is 1.22. The minimum absolute atomic E-state index is 0.0504. The normalized spacial score (nSPS) is 25.8. The molecule has 0 spiro atoms. The lowest BCUT2D eigenvalue weighted by atomic mass is 10.2. The monoisotopic (exact) mass is 277 g/mol. The van der Waals surface area contributed by atoms with Gasteiger partial charge in [-0.25, -0.2) is 9.97 Å². The topological polar surface area (TPSA) is 142 Å². The number of imidazole rings is 1. The molecular weight excluding hydrogens is 266 g/mol. The molecule has 0 aromatic carbocycles.